The molecule has 3 aromatic heterocycles. The number of nitrogens with zero attached hydrogens (tertiary/aromatic N) is 2. The summed E-state index contributed by atoms with van der Waals surface area (Å²) in [7, 11) is 1.36. The molecule has 6 nitrogen and oxygen atoms in total. The summed E-state index contributed by atoms with van der Waals surface area (Å²) in [6.07, 6.45) is 3.58. The molecule has 7 rings (SSSR count). The first-order valence-electron chi connectivity index (χ1n) is 12.6. The van der Waals surface area contributed by atoms with Crippen LogP contribution in [0, 0.1) is 0 Å². The first-order chi connectivity index (χ1) is 19.1. The van der Waals surface area contributed by atoms with Gasteiger partial charge in [0.1, 0.15) is 11.5 Å². The van der Waals surface area contributed by atoms with E-state index in [1.807, 2.05) is 28.8 Å². The largest absolute Gasteiger partial charge is 0.465 e. The van der Waals surface area contributed by atoms with E-state index in [1.165, 1.54) is 29.6 Å². The van der Waals surface area contributed by atoms with Crippen molar-refractivity contribution >= 4 is 40.4 Å². The second-order valence-electron chi connectivity index (χ2n) is 9.40. The predicted molar refractivity (Wildman–Crippen MR) is 153 cm³/mol. The quantitative estimate of drug-likeness (QED) is 0.280. The number of furan rings is 1. The molecule has 0 spiro atoms. The molecule has 0 bridgehead atoms. The summed E-state index contributed by atoms with van der Waals surface area (Å²) in [6, 6.07) is 23.1. The first kappa shape index (κ1) is 23.8. The van der Waals surface area contributed by atoms with Gasteiger partial charge in [0.2, 0.25) is 0 Å². The summed E-state index contributed by atoms with van der Waals surface area (Å²) in [5.74, 6) is 0.749. The first-order valence-corrected chi connectivity index (χ1v) is 14.3. The minimum Gasteiger partial charge on any atom is -0.465 e. The Morgan fingerprint density at radius 2 is 1.97 bits per heavy atom. The van der Waals surface area contributed by atoms with Crippen LogP contribution in [0.3, 0.4) is 0 Å². The summed E-state index contributed by atoms with van der Waals surface area (Å²) in [6.45, 7) is 0. The average molecular weight is 551 g/mol. The van der Waals surface area contributed by atoms with Gasteiger partial charge in [0.05, 0.1) is 28.9 Å². The zero-order valence-electron chi connectivity index (χ0n) is 20.9. The molecule has 0 amide bonds. The number of hydrogen-bond acceptors (Lipinski definition) is 7. The number of thiophene rings is 1. The van der Waals surface area contributed by atoms with Crippen LogP contribution in [-0.2, 0) is 11.2 Å². The molecule has 2 aromatic carbocycles. The lowest BCUT2D eigenvalue weighted by atomic mass is 9.85. The molecule has 0 N–H and O–H groups in total. The molecular weight excluding hydrogens is 528 g/mol. The number of aryl methyl sites for hydroxylation is 1. The number of carbonyl (C=O) groups is 1. The standard InChI is InChI=1S/C31H22N2O4S2/c1-36-30(35)20-8-4-7-19(16-20)24-14-12-21(37-24)17-26-29(34)33-28(25-10-5-15-38-25)23-13-11-18-6-2-3-9-22(18)27(23)32-31(33)39-26/h2-10,12,14-17,28H,11,13H2,1H3/b26-17+/t28-/m1/s1. The number of benzene rings is 2. The summed E-state index contributed by atoms with van der Waals surface area (Å²) in [4.78, 5) is 32.7. The van der Waals surface area contributed by atoms with Crippen molar-refractivity contribution in [3.63, 3.8) is 0 Å². The van der Waals surface area contributed by atoms with E-state index in [0.29, 0.717) is 26.4 Å². The molecule has 5 aromatic rings. The molecule has 0 unspecified atom stereocenters. The molecule has 0 saturated carbocycles. The fourth-order valence-corrected chi connectivity index (χ4v) is 7.18. The molecular formula is C31H22N2O4S2. The minimum absolute atomic E-state index is 0.0757. The molecule has 2 aliphatic rings. The zero-order chi connectivity index (χ0) is 26.5. The lowest BCUT2D eigenvalue weighted by Gasteiger charge is -2.30. The molecule has 8 heteroatoms. The van der Waals surface area contributed by atoms with Gasteiger partial charge in [-0.1, -0.05) is 53.8 Å². The zero-order valence-corrected chi connectivity index (χ0v) is 22.6. The number of aromatic nitrogens is 1. The number of esters is 1. The van der Waals surface area contributed by atoms with E-state index in [2.05, 4.69) is 35.7 Å². The molecule has 0 radical (unpaired) electrons. The number of fused-ring (bicyclic) bond motifs is 3. The highest BCUT2D eigenvalue weighted by Gasteiger charge is 2.33. The average Bonchev–Trinajstić information content (AvgIpc) is 3.73. The Bertz CT molecular complexity index is 1960. The highest BCUT2D eigenvalue weighted by atomic mass is 32.1. The number of allylic oxidation sites excluding steroid dienone is 1. The van der Waals surface area contributed by atoms with Crippen molar-refractivity contribution in [2.45, 2.75) is 18.9 Å². The van der Waals surface area contributed by atoms with E-state index >= 15 is 0 Å². The van der Waals surface area contributed by atoms with Gasteiger partial charge in [0.25, 0.3) is 5.56 Å². The number of rotatable bonds is 4. The molecule has 1 aliphatic heterocycles. The summed E-state index contributed by atoms with van der Waals surface area (Å²) in [5, 5.41) is 2.06. The maximum absolute atomic E-state index is 13.8. The smallest absolute Gasteiger partial charge is 0.337 e. The second-order valence-corrected chi connectivity index (χ2v) is 11.4. The maximum Gasteiger partial charge on any atom is 0.337 e. The van der Waals surface area contributed by atoms with Crippen molar-refractivity contribution in [3.8, 4) is 11.3 Å². The molecule has 0 fully saturated rings. The number of ether oxygens (including phenoxy) is 1. The molecule has 39 heavy (non-hydrogen) atoms. The van der Waals surface area contributed by atoms with Gasteiger partial charge < -0.3 is 9.15 Å². The van der Waals surface area contributed by atoms with Gasteiger partial charge in [-0.2, -0.15) is 0 Å². The van der Waals surface area contributed by atoms with Crippen molar-refractivity contribution in [2.24, 2.45) is 4.99 Å². The Balaban J connectivity index is 1.34. The molecule has 4 heterocycles. The van der Waals surface area contributed by atoms with Gasteiger partial charge in [-0.3, -0.25) is 9.36 Å². The third-order valence-corrected chi connectivity index (χ3v) is 9.06. The van der Waals surface area contributed by atoms with Crippen LogP contribution in [0.4, 0.5) is 0 Å². The van der Waals surface area contributed by atoms with E-state index in [9.17, 15) is 9.59 Å². The van der Waals surface area contributed by atoms with Gasteiger partial charge in [-0.05, 0) is 59.7 Å². The number of thiazole rings is 1. The SMILES string of the molecule is COC(=O)c1cccc(-c2ccc(/C=c3/sc4n(c3=O)[C@@H](c3cccs3)C3=C(N=4)c4ccccc4CC3)o2)c1. The Morgan fingerprint density at radius 1 is 1.08 bits per heavy atom. The molecule has 0 saturated heterocycles. The van der Waals surface area contributed by atoms with E-state index in [1.54, 1.807) is 35.6 Å². The Morgan fingerprint density at radius 3 is 2.82 bits per heavy atom. The van der Waals surface area contributed by atoms with Crippen molar-refractivity contribution in [1.82, 2.24) is 4.57 Å². The molecule has 1 atom stereocenters. The van der Waals surface area contributed by atoms with Gasteiger partial charge in [-0.25, -0.2) is 9.79 Å². The summed E-state index contributed by atoms with van der Waals surface area (Å²) in [5.41, 5.74) is 5.76. The van der Waals surface area contributed by atoms with Crippen LogP contribution in [-0.4, -0.2) is 17.6 Å². The Hall–Kier alpha value is -4.27. The monoisotopic (exact) mass is 550 g/mol. The Kier molecular flexibility index (Phi) is 5.79. The van der Waals surface area contributed by atoms with Crippen LogP contribution in [0.5, 0.6) is 0 Å². The Labute approximate surface area is 231 Å². The van der Waals surface area contributed by atoms with E-state index in [0.717, 1.165) is 34.5 Å². The third kappa shape index (κ3) is 4.04. The van der Waals surface area contributed by atoms with Gasteiger partial charge >= 0.3 is 5.97 Å². The maximum atomic E-state index is 13.8. The van der Waals surface area contributed by atoms with Crippen molar-refractivity contribution < 1.29 is 13.9 Å². The van der Waals surface area contributed by atoms with Crippen molar-refractivity contribution in [2.75, 3.05) is 7.11 Å². The molecule has 192 valence electrons. The summed E-state index contributed by atoms with van der Waals surface area (Å²) >= 11 is 3.05. The van der Waals surface area contributed by atoms with Crippen LogP contribution in [0.1, 0.15) is 44.6 Å². The van der Waals surface area contributed by atoms with Crippen LogP contribution in [0.25, 0.3) is 23.1 Å². The normalized spacial score (nSPS) is 16.3. The predicted octanol–water partition coefficient (Wildman–Crippen LogP) is 5.43. The van der Waals surface area contributed by atoms with Gasteiger partial charge in [-0.15, -0.1) is 11.3 Å². The lowest BCUT2D eigenvalue weighted by molar-refractivity contribution is 0.0601. The fourth-order valence-electron chi connectivity index (χ4n) is 5.35. The summed E-state index contributed by atoms with van der Waals surface area (Å²) < 4.78 is 13.3. The van der Waals surface area contributed by atoms with Crippen molar-refractivity contribution in [1.29, 1.82) is 0 Å². The number of hydrogen-bond donors (Lipinski definition) is 0. The molecule has 1 aliphatic carbocycles. The topological polar surface area (TPSA) is 73.8 Å². The fraction of sp³-hybridized carbons (Fsp3) is 0.129. The van der Waals surface area contributed by atoms with Crippen LogP contribution in [0.15, 0.2) is 98.0 Å². The number of carbonyl (C=O) groups excluding carboxylic acids is 1. The highest BCUT2D eigenvalue weighted by molar-refractivity contribution is 7.10. The van der Waals surface area contributed by atoms with E-state index < -0.39 is 5.97 Å². The third-order valence-electron chi connectivity index (χ3n) is 7.15. The van der Waals surface area contributed by atoms with E-state index in [4.69, 9.17) is 14.1 Å². The van der Waals surface area contributed by atoms with Gasteiger partial charge in [0, 0.05) is 22.1 Å². The highest BCUT2D eigenvalue weighted by Crippen LogP contribution is 2.42. The van der Waals surface area contributed by atoms with Gasteiger partial charge in [0.15, 0.2) is 4.80 Å². The minimum atomic E-state index is -0.407. The van der Waals surface area contributed by atoms with Crippen LogP contribution >= 0.6 is 22.7 Å². The van der Waals surface area contributed by atoms with Crippen molar-refractivity contribution in [3.05, 3.63) is 131 Å². The number of methoxy groups -OCH3 is 1. The van der Waals surface area contributed by atoms with Crippen LogP contribution < -0.4 is 14.9 Å². The van der Waals surface area contributed by atoms with E-state index in [-0.39, 0.29) is 11.6 Å². The second kappa shape index (κ2) is 9.48. The van der Waals surface area contributed by atoms with Crippen LogP contribution in [0.2, 0.25) is 0 Å². The lowest BCUT2D eigenvalue weighted by Crippen LogP contribution is -2.38.